The minimum absolute atomic E-state index is 0.0645. The van der Waals surface area contributed by atoms with Gasteiger partial charge in [-0.1, -0.05) is 60.7 Å². The Labute approximate surface area is 195 Å². The van der Waals surface area contributed by atoms with Crippen LogP contribution in [0.25, 0.3) is 0 Å². The Hall–Kier alpha value is -3.35. The van der Waals surface area contributed by atoms with Crippen molar-refractivity contribution in [2.24, 2.45) is 5.92 Å². The molecule has 1 atom stereocenters. The number of amides is 4. The highest BCUT2D eigenvalue weighted by atomic mass is 16.2. The summed E-state index contributed by atoms with van der Waals surface area (Å²) in [7, 11) is 0. The summed E-state index contributed by atoms with van der Waals surface area (Å²) in [5, 5.41) is 5.91. The highest BCUT2D eigenvalue weighted by Gasteiger charge is 2.37. The molecule has 0 radical (unpaired) electrons. The molecule has 2 fully saturated rings. The van der Waals surface area contributed by atoms with Gasteiger partial charge in [0, 0.05) is 38.6 Å². The molecule has 1 aliphatic heterocycles. The zero-order valence-corrected chi connectivity index (χ0v) is 18.9. The maximum atomic E-state index is 13.2. The van der Waals surface area contributed by atoms with E-state index in [9.17, 15) is 14.4 Å². The summed E-state index contributed by atoms with van der Waals surface area (Å²) in [4.78, 5) is 42.4. The van der Waals surface area contributed by atoms with Gasteiger partial charge in [-0.05, 0) is 30.4 Å². The highest BCUT2D eigenvalue weighted by Crippen LogP contribution is 2.35. The number of carbonyl (C=O) groups is 3. The highest BCUT2D eigenvalue weighted by molar-refractivity contribution is 5.83. The van der Waals surface area contributed by atoms with Gasteiger partial charge in [0.25, 0.3) is 0 Å². The maximum Gasteiger partial charge on any atom is 0.317 e. The lowest BCUT2D eigenvalue weighted by Crippen LogP contribution is -2.44. The van der Waals surface area contributed by atoms with Crippen molar-refractivity contribution in [3.8, 4) is 0 Å². The molecule has 174 valence electrons. The molecule has 1 heterocycles. The second-order valence-electron chi connectivity index (χ2n) is 8.77. The minimum Gasteiger partial charge on any atom is -0.354 e. The SMILES string of the molecule is O=C1CC(c2ccccc2)N(C(=O)C2CC2)CCCN(C(=O)NCc2ccccc2)CCN1. The summed E-state index contributed by atoms with van der Waals surface area (Å²) in [6.07, 6.45) is 2.71. The van der Waals surface area contributed by atoms with E-state index in [0.29, 0.717) is 39.1 Å². The molecule has 2 aromatic carbocycles. The van der Waals surface area contributed by atoms with Crippen LogP contribution in [0.15, 0.2) is 60.7 Å². The average molecular weight is 449 g/mol. The van der Waals surface area contributed by atoms with Crippen molar-refractivity contribution in [2.75, 3.05) is 26.2 Å². The maximum absolute atomic E-state index is 13.2. The van der Waals surface area contributed by atoms with Gasteiger partial charge in [0.05, 0.1) is 12.5 Å². The van der Waals surface area contributed by atoms with Crippen LogP contribution in [0.5, 0.6) is 0 Å². The number of rotatable bonds is 4. The van der Waals surface area contributed by atoms with Crippen LogP contribution in [0.2, 0.25) is 0 Å². The lowest BCUT2D eigenvalue weighted by atomic mass is 10.0. The fraction of sp³-hybridized carbons (Fsp3) is 0.423. The van der Waals surface area contributed by atoms with E-state index < -0.39 is 0 Å². The van der Waals surface area contributed by atoms with Crippen LogP contribution in [-0.4, -0.2) is 53.8 Å². The Morgan fingerprint density at radius 3 is 2.33 bits per heavy atom. The van der Waals surface area contributed by atoms with Crippen LogP contribution in [0.1, 0.15) is 42.9 Å². The Kier molecular flexibility index (Phi) is 7.60. The first-order valence-electron chi connectivity index (χ1n) is 11.8. The molecule has 7 nitrogen and oxygen atoms in total. The molecule has 2 N–H and O–H groups in total. The molecule has 0 spiro atoms. The number of hydrogen-bond donors (Lipinski definition) is 2. The summed E-state index contributed by atoms with van der Waals surface area (Å²) in [6, 6.07) is 19.1. The zero-order chi connectivity index (χ0) is 23.0. The minimum atomic E-state index is -0.294. The van der Waals surface area contributed by atoms with Gasteiger partial charge in [0.2, 0.25) is 11.8 Å². The molecular weight excluding hydrogens is 416 g/mol. The number of carbonyl (C=O) groups excluding carboxylic acids is 3. The number of urea groups is 1. The van der Waals surface area contributed by atoms with Gasteiger partial charge in [-0.3, -0.25) is 9.59 Å². The molecule has 2 aromatic rings. The van der Waals surface area contributed by atoms with E-state index in [1.165, 1.54) is 0 Å². The molecule has 7 heteroatoms. The van der Waals surface area contributed by atoms with E-state index >= 15 is 0 Å². The van der Waals surface area contributed by atoms with Crippen LogP contribution in [0.4, 0.5) is 4.79 Å². The fourth-order valence-electron chi connectivity index (χ4n) is 4.28. The first kappa shape index (κ1) is 22.8. The quantitative estimate of drug-likeness (QED) is 0.754. The summed E-state index contributed by atoms with van der Waals surface area (Å²) in [5.41, 5.74) is 2.00. The van der Waals surface area contributed by atoms with Gasteiger partial charge in [-0.2, -0.15) is 0 Å². The Morgan fingerprint density at radius 1 is 0.939 bits per heavy atom. The van der Waals surface area contributed by atoms with E-state index in [-0.39, 0.29) is 36.2 Å². The van der Waals surface area contributed by atoms with Crippen LogP contribution in [0, 0.1) is 5.92 Å². The lowest BCUT2D eigenvalue weighted by molar-refractivity contribution is -0.136. The third-order valence-corrected chi connectivity index (χ3v) is 6.25. The molecule has 4 rings (SSSR count). The topological polar surface area (TPSA) is 81.8 Å². The third-order valence-electron chi connectivity index (χ3n) is 6.25. The molecule has 1 saturated heterocycles. The van der Waals surface area contributed by atoms with E-state index in [1.54, 1.807) is 4.90 Å². The fourth-order valence-corrected chi connectivity index (χ4v) is 4.28. The predicted octanol–water partition coefficient (Wildman–Crippen LogP) is 3.09. The average Bonchev–Trinajstić information content (AvgIpc) is 3.69. The summed E-state index contributed by atoms with van der Waals surface area (Å²) in [6.45, 7) is 2.30. The van der Waals surface area contributed by atoms with Crippen LogP contribution < -0.4 is 10.6 Å². The van der Waals surface area contributed by atoms with Crippen molar-refractivity contribution in [1.82, 2.24) is 20.4 Å². The number of hydrogen-bond acceptors (Lipinski definition) is 3. The van der Waals surface area contributed by atoms with Crippen molar-refractivity contribution < 1.29 is 14.4 Å². The molecule has 0 aromatic heterocycles. The monoisotopic (exact) mass is 448 g/mol. The van der Waals surface area contributed by atoms with Crippen LogP contribution in [-0.2, 0) is 16.1 Å². The van der Waals surface area contributed by atoms with E-state index in [0.717, 1.165) is 24.0 Å². The summed E-state index contributed by atoms with van der Waals surface area (Å²) < 4.78 is 0. The van der Waals surface area contributed by atoms with Gasteiger partial charge in [-0.15, -0.1) is 0 Å². The second-order valence-corrected chi connectivity index (χ2v) is 8.77. The van der Waals surface area contributed by atoms with Crippen LogP contribution >= 0.6 is 0 Å². The first-order chi connectivity index (χ1) is 16.1. The first-order valence-corrected chi connectivity index (χ1v) is 11.8. The van der Waals surface area contributed by atoms with Gasteiger partial charge in [0.1, 0.15) is 0 Å². The smallest absolute Gasteiger partial charge is 0.317 e. The molecule has 1 saturated carbocycles. The van der Waals surface area contributed by atoms with Gasteiger partial charge in [0.15, 0.2) is 0 Å². The Bertz CT molecular complexity index is 947. The molecule has 33 heavy (non-hydrogen) atoms. The van der Waals surface area contributed by atoms with Crippen molar-refractivity contribution in [3.05, 3.63) is 71.8 Å². The number of benzene rings is 2. The molecular formula is C26H32N4O3. The molecule has 2 aliphatic rings. The predicted molar refractivity (Wildman–Crippen MR) is 126 cm³/mol. The Morgan fingerprint density at radius 2 is 1.64 bits per heavy atom. The summed E-state index contributed by atoms with van der Waals surface area (Å²) in [5.74, 6) is 0.0784. The molecule has 4 amide bonds. The van der Waals surface area contributed by atoms with Crippen molar-refractivity contribution in [2.45, 2.75) is 38.3 Å². The number of nitrogens with zero attached hydrogens (tertiary/aromatic N) is 2. The third kappa shape index (κ3) is 6.34. The molecule has 1 aliphatic carbocycles. The molecule has 0 bridgehead atoms. The van der Waals surface area contributed by atoms with Gasteiger partial charge >= 0.3 is 6.03 Å². The number of nitrogens with one attached hydrogen (secondary N) is 2. The van der Waals surface area contributed by atoms with Crippen molar-refractivity contribution in [3.63, 3.8) is 0 Å². The lowest BCUT2D eigenvalue weighted by Gasteiger charge is -2.32. The van der Waals surface area contributed by atoms with E-state index in [2.05, 4.69) is 10.6 Å². The van der Waals surface area contributed by atoms with E-state index in [1.807, 2.05) is 65.6 Å². The zero-order valence-electron chi connectivity index (χ0n) is 18.9. The standard InChI is InChI=1S/C26H32N4O3/c31-24-18-23(21-10-5-2-6-11-21)30(25(32)22-12-13-22)16-7-15-29(17-14-27-24)26(33)28-19-20-8-3-1-4-9-20/h1-6,8-11,22-23H,7,12-19H2,(H,27,31)(H,28,33). The van der Waals surface area contributed by atoms with Crippen LogP contribution in [0.3, 0.4) is 0 Å². The van der Waals surface area contributed by atoms with Crippen molar-refractivity contribution in [1.29, 1.82) is 0 Å². The van der Waals surface area contributed by atoms with Crippen molar-refractivity contribution >= 4 is 17.8 Å². The van der Waals surface area contributed by atoms with Gasteiger partial charge in [-0.25, -0.2) is 4.79 Å². The summed E-state index contributed by atoms with van der Waals surface area (Å²) >= 11 is 0. The second kappa shape index (κ2) is 11.0. The van der Waals surface area contributed by atoms with Gasteiger partial charge < -0.3 is 20.4 Å². The largest absolute Gasteiger partial charge is 0.354 e. The Balaban J connectivity index is 1.46. The van der Waals surface area contributed by atoms with E-state index in [4.69, 9.17) is 0 Å². The normalized spacial score (nSPS) is 19.9. The molecule has 1 unspecified atom stereocenters.